The van der Waals surface area contributed by atoms with Gasteiger partial charge < -0.3 is 19.1 Å². The fourth-order valence-electron chi connectivity index (χ4n) is 3.66. The van der Waals surface area contributed by atoms with E-state index in [1.807, 2.05) is 6.92 Å². The van der Waals surface area contributed by atoms with Gasteiger partial charge in [0.25, 0.3) is 5.91 Å². The van der Waals surface area contributed by atoms with E-state index in [1.54, 1.807) is 48.8 Å². The van der Waals surface area contributed by atoms with Gasteiger partial charge in [0.15, 0.2) is 0 Å². The molecule has 3 rings (SSSR count). The number of ether oxygens (including phenoxy) is 1. The Bertz CT molecular complexity index is 997. The van der Waals surface area contributed by atoms with Crippen molar-refractivity contribution in [2.75, 3.05) is 19.6 Å². The van der Waals surface area contributed by atoms with Gasteiger partial charge >= 0.3 is 12.3 Å². The van der Waals surface area contributed by atoms with Crippen molar-refractivity contribution in [2.45, 2.75) is 52.1 Å². The summed E-state index contributed by atoms with van der Waals surface area (Å²) in [7, 11) is 0. The van der Waals surface area contributed by atoms with Crippen LogP contribution < -0.4 is 0 Å². The van der Waals surface area contributed by atoms with Gasteiger partial charge in [-0.05, 0) is 39.8 Å². The van der Waals surface area contributed by atoms with Crippen LogP contribution in [0.15, 0.2) is 28.9 Å². The number of nitrogens with zero attached hydrogens (tertiary/aromatic N) is 3. The van der Waals surface area contributed by atoms with E-state index in [4.69, 9.17) is 4.74 Å². The van der Waals surface area contributed by atoms with Crippen molar-refractivity contribution in [3.8, 4) is 0 Å². The van der Waals surface area contributed by atoms with Crippen LogP contribution in [0.25, 0.3) is 10.9 Å². The minimum Gasteiger partial charge on any atom is -0.444 e. The SMILES string of the molecule is C[C@@H]1CN(C(=O)c2cn(CC(F)(F)F)c3cc(Br)ccc23)CCN1C(=O)OC(C)(C)C. The molecule has 1 atom stereocenters. The average Bonchev–Trinajstić information content (AvgIpc) is 2.95. The fourth-order valence-corrected chi connectivity index (χ4v) is 4.01. The molecule has 2 amide bonds. The van der Waals surface area contributed by atoms with Gasteiger partial charge in [-0.15, -0.1) is 0 Å². The Labute approximate surface area is 187 Å². The van der Waals surface area contributed by atoms with Gasteiger partial charge in [0.2, 0.25) is 0 Å². The number of alkyl halides is 3. The lowest BCUT2D eigenvalue weighted by molar-refractivity contribution is -0.139. The van der Waals surface area contributed by atoms with E-state index in [2.05, 4.69) is 15.9 Å². The van der Waals surface area contributed by atoms with Gasteiger partial charge in [-0.25, -0.2) is 4.79 Å². The minimum atomic E-state index is -4.41. The minimum absolute atomic E-state index is 0.213. The molecule has 0 bridgehead atoms. The molecule has 1 aromatic carbocycles. The van der Waals surface area contributed by atoms with E-state index in [1.165, 1.54) is 6.20 Å². The van der Waals surface area contributed by atoms with Crippen LogP contribution in [0.5, 0.6) is 0 Å². The van der Waals surface area contributed by atoms with E-state index in [-0.39, 0.29) is 37.1 Å². The van der Waals surface area contributed by atoms with Crippen molar-refractivity contribution < 1.29 is 27.5 Å². The molecule has 1 fully saturated rings. The van der Waals surface area contributed by atoms with Crippen molar-refractivity contribution in [1.29, 1.82) is 0 Å². The van der Waals surface area contributed by atoms with Crippen LogP contribution in [0, 0.1) is 0 Å². The summed E-state index contributed by atoms with van der Waals surface area (Å²) in [5.74, 6) is -0.357. The predicted molar refractivity (Wildman–Crippen MR) is 114 cm³/mol. The summed E-state index contributed by atoms with van der Waals surface area (Å²) in [5.41, 5.74) is -0.0848. The van der Waals surface area contributed by atoms with Crippen LogP contribution in [-0.4, -0.2) is 63.8 Å². The number of benzene rings is 1. The Morgan fingerprint density at radius 1 is 1.19 bits per heavy atom. The second-order valence-electron chi connectivity index (χ2n) is 8.72. The van der Waals surface area contributed by atoms with Crippen LogP contribution in [0.2, 0.25) is 0 Å². The van der Waals surface area contributed by atoms with E-state index < -0.39 is 24.4 Å². The molecular weight excluding hydrogens is 479 g/mol. The maximum atomic E-state index is 13.2. The maximum Gasteiger partial charge on any atom is 0.410 e. The molecule has 2 aromatic rings. The summed E-state index contributed by atoms with van der Waals surface area (Å²) in [5, 5.41) is 0.458. The highest BCUT2D eigenvalue weighted by Crippen LogP contribution is 2.29. The molecule has 1 saturated heterocycles. The number of piperazine rings is 1. The molecule has 0 radical (unpaired) electrons. The number of amides is 2. The summed E-state index contributed by atoms with van der Waals surface area (Å²) in [6, 6.07) is 4.62. The van der Waals surface area contributed by atoms with Crippen molar-refractivity contribution in [3.05, 3.63) is 34.4 Å². The maximum absolute atomic E-state index is 13.2. The molecule has 10 heteroatoms. The molecule has 2 heterocycles. The Hall–Kier alpha value is -2.23. The largest absolute Gasteiger partial charge is 0.444 e. The number of halogens is 4. The molecule has 0 N–H and O–H groups in total. The molecule has 1 aromatic heterocycles. The first-order chi connectivity index (χ1) is 14.2. The van der Waals surface area contributed by atoms with Crippen LogP contribution in [0.3, 0.4) is 0 Å². The molecule has 0 aliphatic carbocycles. The summed E-state index contributed by atoms with van der Waals surface area (Å²) >= 11 is 3.28. The Balaban J connectivity index is 1.83. The second kappa shape index (κ2) is 8.37. The Kier molecular flexibility index (Phi) is 6.32. The molecule has 1 aliphatic heterocycles. The summed E-state index contributed by atoms with van der Waals surface area (Å²) in [6.07, 6.45) is -3.60. The summed E-state index contributed by atoms with van der Waals surface area (Å²) < 4.78 is 46.2. The first-order valence-corrected chi connectivity index (χ1v) is 10.7. The van der Waals surface area contributed by atoms with Gasteiger partial charge in [0.05, 0.1) is 11.1 Å². The van der Waals surface area contributed by atoms with Gasteiger partial charge in [-0.1, -0.05) is 22.0 Å². The monoisotopic (exact) mass is 503 g/mol. The van der Waals surface area contributed by atoms with Gasteiger partial charge in [-0.3, -0.25) is 4.79 Å². The lowest BCUT2D eigenvalue weighted by atomic mass is 10.1. The van der Waals surface area contributed by atoms with E-state index in [9.17, 15) is 22.8 Å². The Morgan fingerprint density at radius 3 is 2.45 bits per heavy atom. The van der Waals surface area contributed by atoms with Crippen molar-refractivity contribution in [3.63, 3.8) is 0 Å². The fraction of sp³-hybridized carbons (Fsp3) is 0.524. The van der Waals surface area contributed by atoms with Gasteiger partial charge in [-0.2, -0.15) is 13.2 Å². The van der Waals surface area contributed by atoms with E-state index in [0.29, 0.717) is 15.4 Å². The number of aromatic nitrogens is 1. The van der Waals surface area contributed by atoms with Gasteiger partial charge in [0.1, 0.15) is 12.1 Å². The molecule has 0 spiro atoms. The number of carbonyl (C=O) groups is 2. The first kappa shape index (κ1) is 23.4. The topological polar surface area (TPSA) is 54.8 Å². The van der Waals surface area contributed by atoms with Crippen molar-refractivity contribution >= 4 is 38.8 Å². The number of hydrogen-bond acceptors (Lipinski definition) is 3. The van der Waals surface area contributed by atoms with Crippen molar-refractivity contribution in [2.24, 2.45) is 0 Å². The highest BCUT2D eigenvalue weighted by Gasteiger charge is 2.34. The normalized spacial score (nSPS) is 17.9. The lowest BCUT2D eigenvalue weighted by Gasteiger charge is -2.40. The number of carbonyl (C=O) groups excluding carboxylic acids is 2. The summed E-state index contributed by atoms with van der Waals surface area (Å²) in [6.45, 7) is 6.79. The zero-order chi connectivity index (χ0) is 23.1. The molecule has 0 saturated carbocycles. The van der Waals surface area contributed by atoms with Crippen molar-refractivity contribution in [1.82, 2.24) is 14.4 Å². The third-order valence-corrected chi connectivity index (χ3v) is 5.46. The quantitative estimate of drug-likeness (QED) is 0.576. The lowest BCUT2D eigenvalue weighted by Crippen LogP contribution is -2.56. The standard InChI is InChI=1S/C21H25BrF3N3O3/c1-13-10-26(7-8-28(13)19(30)31-20(2,3)4)18(29)16-11-27(12-21(23,24)25)17-9-14(22)5-6-15(16)17/h5-6,9,11,13H,7-8,10,12H2,1-4H3/t13-/m1/s1. The smallest absolute Gasteiger partial charge is 0.410 e. The highest BCUT2D eigenvalue weighted by atomic mass is 79.9. The predicted octanol–water partition coefficient (Wildman–Crippen LogP) is 5.05. The van der Waals surface area contributed by atoms with Crippen LogP contribution in [-0.2, 0) is 11.3 Å². The zero-order valence-electron chi connectivity index (χ0n) is 17.8. The van der Waals surface area contributed by atoms with Crippen LogP contribution in [0.4, 0.5) is 18.0 Å². The second-order valence-corrected chi connectivity index (χ2v) is 9.64. The van der Waals surface area contributed by atoms with Gasteiger partial charge in [0, 0.05) is 41.7 Å². The number of fused-ring (bicyclic) bond motifs is 1. The average molecular weight is 504 g/mol. The molecule has 0 unspecified atom stereocenters. The third kappa shape index (κ3) is 5.53. The van der Waals surface area contributed by atoms with Crippen LogP contribution >= 0.6 is 15.9 Å². The number of hydrogen-bond donors (Lipinski definition) is 0. The Morgan fingerprint density at radius 2 is 1.87 bits per heavy atom. The molecule has 170 valence electrons. The number of rotatable bonds is 2. The van der Waals surface area contributed by atoms with E-state index >= 15 is 0 Å². The zero-order valence-corrected chi connectivity index (χ0v) is 19.4. The highest BCUT2D eigenvalue weighted by molar-refractivity contribution is 9.10. The summed E-state index contributed by atoms with van der Waals surface area (Å²) in [4.78, 5) is 28.8. The first-order valence-electron chi connectivity index (χ1n) is 9.89. The van der Waals surface area contributed by atoms with Crippen LogP contribution in [0.1, 0.15) is 38.1 Å². The third-order valence-electron chi connectivity index (χ3n) is 4.97. The molecule has 1 aliphatic rings. The molecule has 31 heavy (non-hydrogen) atoms. The molecule has 6 nitrogen and oxygen atoms in total. The molecular formula is C21H25BrF3N3O3. The van der Waals surface area contributed by atoms with E-state index in [0.717, 1.165) is 4.57 Å².